The fourth-order valence-electron chi connectivity index (χ4n) is 2.54. The summed E-state index contributed by atoms with van der Waals surface area (Å²) in [5.41, 5.74) is 0.0684. The van der Waals surface area contributed by atoms with E-state index in [9.17, 15) is 24.9 Å². The molecule has 5 nitrogen and oxygen atoms in total. The number of carbonyl (C=O) groups excluding carboxylic acids is 2. The predicted molar refractivity (Wildman–Crippen MR) is 84.9 cm³/mol. The Morgan fingerprint density at radius 3 is 1.77 bits per heavy atom. The van der Waals surface area contributed by atoms with Gasteiger partial charge in [0.05, 0.1) is 26.7 Å². The van der Waals surface area contributed by atoms with Crippen LogP contribution in [-0.4, -0.2) is 26.9 Å². The summed E-state index contributed by atoms with van der Waals surface area (Å²) in [6.07, 6.45) is 0. The standard InChI is InChI=1S/C15H8Br2O5/c1-4-2-5(18)8-10(12(4)16)15(22)11-9(14(8)21)6(19)3-7(20)13(11)17/h2-3,18-20H,1H3. The second kappa shape index (κ2) is 4.82. The van der Waals surface area contributed by atoms with Gasteiger partial charge in [0.15, 0.2) is 5.78 Å². The summed E-state index contributed by atoms with van der Waals surface area (Å²) in [5.74, 6) is -2.46. The lowest BCUT2D eigenvalue weighted by molar-refractivity contribution is 0.0972. The molecular weight excluding hydrogens is 420 g/mol. The summed E-state index contributed by atoms with van der Waals surface area (Å²) in [4.78, 5) is 25.4. The lowest BCUT2D eigenvalue weighted by atomic mass is 9.82. The largest absolute Gasteiger partial charge is 0.507 e. The monoisotopic (exact) mass is 426 g/mol. The van der Waals surface area contributed by atoms with Crippen LogP contribution in [0.2, 0.25) is 0 Å². The van der Waals surface area contributed by atoms with E-state index >= 15 is 0 Å². The molecular formula is C15H8Br2O5. The van der Waals surface area contributed by atoms with E-state index in [0.29, 0.717) is 10.0 Å². The molecule has 112 valence electrons. The normalized spacial score (nSPS) is 13.0. The number of phenols is 3. The molecule has 0 radical (unpaired) electrons. The van der Waals surface area contributed by atoms with Crippen molar-refractivity contribution in [1.29, 1.82) is 0 Å². The van der Waals surface area contributed by atoms with Gasteiger partial charge in [-0.05, 0) is 50.4 Å². The number of carbonyl (C=O) groups is 2. The number of aromatic hydroxyl groups is 3. The average Bonchev–Trinajstić information content (AvgIpc) is 2.44. The molecule has 0 aromatic heterocycles. The smallest absolute Gasteiger partial charge is 0.202 e. The molecule has 0 aliphatic heterocycles. The van der Waals surface area contributed by atoms with Crippen LogP contribution in [0.4, 0.5) is 0 Å². The molecule has 1 aliphatic rings. The average molecular weight is 428 g/mol. The summed E-state index contributed by atoms with van der Waals surface area (Å²) in [6, 6.07) is 2.34. The van der Waals surface area contributed by atoms with E-state index in [2.05, 4.69) is 31.9 Å². The highest BCUT2D eigenvalue weighted by Crippen LogP contribution is 2.45. The van der Waals surface area contributed by atoms with Crippen LogP contribution in [-0.2, 0) is 0 Å². The second-order valence-electron chi connectivity index (χ2n) is 4.91. The van der Waals surface area contributed by atoms with Crippen molar-refractivity contribution in [3.63, 3.8) is 0 Å². The number of hydrogen-bond donors (Lipinski definition) is 3. The van der Waals surface area contributed by atoms with E-state index in [1.54, 1.807) is 6.92 Å². The molecule has 0 unspecified atom stereocenters. The molecule has 3 rings (SSSR count). The van der Waals surface area contributed by atoms with Crippen molar-refractivity contribution in [2.45, 2.75) is 6.92 Å². The zero-order valence-corrected chi connectivity index (χ0v) is 14.2. The molecule has 0 saturated heterocycles. The highest BCUT2D eigenvalue weighted by Gasteiger charge is 2.38. The third-order valence-corrected chi connectivity index (χ3v) is 5.38. The predicted octanol–water partition coefficient (Wildman–Crippen LogP) is 3.41. The fourth-order valence-corrected chi connectivity index (χ4v) is 3.53. The molecule has 0 saturated carbocycles. The maximum Gasteiger partial charge on any atom is 0.202 e. The van der Waals surface area contributed by atoms with Crippen LogP contribution >= 0.6 is 31.9 Å². The minimum absolute atomic E-state index is 0.0145. The molecule has 2 aromatic carbocycles. The van der Waals surface area contributed by atoms with E-state index in [4.69, 9.17) is 0 Å². The van der Waals surface area contributed by atoms with Gasteiger partial charge in [0.2, 0.25) is 5.78 Å². The van der Waals surface area contributed by atoms with Gasteiger partial charge in [-0.15, -0.1) is 0 Å². The summed E-state index contributed by atoms with van der Waals surface area (Å²) >= 11 is 6.33. The van der Waals surface area contributed by atoms with Crippen molar-refractivity contribution in [2.24, 2.45) is 0 Å². The Hall–Kier alpha value is -1.86. The fraction of sp³-hybridized carbons (Fsp3) is 0.0667. The molecule has 0 fully saturated rings. The van der Waals surface area contributed by atoms with Gasteiger partial charge in [0, 0.05) is 10.5 Å². The summed E-state index contributed by atoms with van der Waals surface area (Å²) < 4.78 is 0.413. The Morgan fingerprint density at radius 1 is 0.727 bits per heavy atom. The van der Waals surface area contributed by atoms with Gasteiger partial charge in [-0.1, -0.05) is 0 Å². The Bertz CT molecular complexity index is 817. The summed E-state index contributed by atoms with van der Waals surface area (Å²) in [6.45, 7) is 1.67. The van der Waals surface area contributed by atoms with Crippen molar-refractivity contribution in [3.05, 3.63) is 48.9 Å². The number of rotatable bonds is 0. The number of benzene rings is 2. The maximum absolute atomic E-state index is 12.8. The Labute approximate surface area is 141 Å². The minimum Gasteiger partial charge on any atom is -0.507 e. The number of ketones is 2. The quantitative estimate of drug-likeness (QED) is 0.511. The van der Waals surface area contributed by atoms with Crippen LogP contribution in [0.3, 0.4) is 0 Å². The molecule has 3 N–H and O–H groups in total. The van der Waals surface area contributed by atoms with E-state index in [1.807, 2.05) is 0 Å². The van der Waals surface area contributed by atoms with Crippen molar-refractivity contribution >= 4 is 43.4 Å². The first-order chi connectivity index (χ1) is 10.3. The van der Waals surface area contributed by atoms with Crippen molar-refractivity contribution in [3.8, 4) is 17.2 Å². The van der Waals surface area contributed by atoms with Crippen LogP contribution in [0.5, 0.6) is 17.2 Å². The zero-order valence-electron chi connectivity index (χ0n) is 11.1. The molecule has 7 heteroatoms. The van der Waals surface area contributed by atoms with Gasteiger partial charge in [0.25, 0.3) is 0 Å². The van der Waals surface area contributed by atoms with Crippen LogP contribution in [0.15, 0.2) is 21.1 Å². The third kappa shape index (κ3) is 1.82. The summed E-state index contributed by atoms with van der Waals surface area (Å²) in [7, 11) is 0. The number of hydrogen-bond acceptors (Lipinski definition) is 5. The van der Waals surface area contributed by atoms with Crippen LogP contribution in [0.1, 0.15) is 37.4 Å². The van der Waals surface area contributed by atoms with Crippen molar-refractivity contribution in [1.82, 2.24) is 0 Å². The summed E-state index contributed by atoms with van der Waals surface area (Å²) in [5, 5.41) is 29.8. The second-order valence-corrected chi connectivity index (χ2v) is 6.50. The van der Waals surface area contributed by atoms with E-state index in [0.717, 1.165) is 6.07 Å². The molecule has 0 bridgehead atoms. The maximum atomic E-state index is 12.8. The molecule has 0 amide bonds. The van der Waals surface area contributed by atoms with Gasteiger partial charge in [-0.25, -0.2) is 0 Å². The molecule has 22 heavy (non-hydrogen) atoms. The van der Waals surface area contributed by atoms with Crippen molar-refractivity contribution < 1.29 is 24.9 Å². The van der Waals surface area contributed by atoms with Gasteiger partial charge in [-0.3, -0.25) is 9.59 Å². The van der Waals surface area contributed by atoms with Gasteiger partial charge in [0.1, 0.15) is 17.2 Å². The lowest BCUT2D eigenvalue weighted by Gasteiger charge is -2.22. The first kappa shape index (κ1) is 15.1. The van der Waals surface area contributed by atoms with Crippen LogP contribution in [0.25, 0.3) is 0 Å². The highest BCUT2D eigenvalue weighted by molar-refractivity contribution is 9.11. The lowest BCUT2D eigenvalue weighted by Crippen LogP contribution is -2.23. The van der Waals surface area contributed by atoms with Gasteiger partial charge in [-0.2, -0.15) is 0 Å². The minimum atomic E-state index is -0.680. The zero-order chi connectivity index (χ0) is 16.3. The SMILES string of the molecule is Cc1cc(O)c2c(c1Br)C(=O)c1c(Br)c(O)cc(O)c1C2=O. The number of aryl methyl sites for hydroxylation is 1. The number of halogens is 2. The van der Waals surface area contributed by atoms with E-state index in [-0.39, 0.29) is 38.2 Å². The molecule has 0 atom stereocenters. The van der Waals surface area contributed by atoms with E-state index < -0.39 is 17.3 Å². The van der Waals surface area contributed by atoms with Crippen LogP contribution < -0.4 is 0 Å². The van der Waals surface area contributed by atoms with Gasteiger partial charge >= 0.3 is 0 Å². The Balaban J connectivity index is 2.49. The van der Waals surface area contributed by atoms with Gasteiger partial charge < -0.3 is 15.3 Å². The highest BCUT2D eigenvalue weighted by atomic mass is 79.9. The molecule has 0 spiro atoms. The third-order valence-electron chi connectivity index (χ3n) is 3.56. The van der Waals surface area contributed by atoms with E-state index in [1.165, 1.54) is 6.07 Å². The topological polar surface area (TPSA) is 94.8 Å². The first-order valence-electron chi connectivity index (χ1n) is 6.11. The van der Waals surface area contributed by atoms with Crippen molar-refractivity contribution in [2.75, 3.05) is 0 Å². The molecule has 1 aliphatic carbocycles. The number of phenolic OH excluding ortho intramolecular Hbond substituents is 3. The molecule has 0 heterocycles. The first-order valence-corrected chi connectivity index (χ1v) is 7.70. The van der Waals surface area contributed by atoms with Crippen LogP contribution in [0, 0.1) is 6.92 Å². The Kier molecular flexibility index (Phi) is 3.30. The Morgan fingerprint density at radius 2 is 1.18 bits per heavy atom. The number of fused-ring (bicyclic) bond motifs is 2. The molecule has 2 aromatic rings.